The number of rotatable bonds is 5. The van der Waals surface area contributed by atoms with Crippen LogP contribution in [0.1, 0.15) is 18.1 Å². The summed E-state index contributed by atoms with van der Waals surface area (Å²) in [5.74, 6) is -0.530. The zero-order valence-electron chi connectivity index (χ0n) is 14.5. The monoisotopic (exact) mass is 373 g/mol. The molecule has 0 unspecified atom stereocenters. The first-order valence-corrected chi connectivity index (χ1v) is 8.90. The van der Waals surface area contributed by atoms with Gasteiger partial charge in [-0.05, 0) is 48.2 Å². The maximum atomic E-state index is 12.3. The first-order valence-electron chi connectivity index (χ1n) is 8.52. The van der Waals surface area contributed by atoms with Crippen LogP contribution in [0.4, 0.5) is 5.69 Å². The molecule has 2 aromatic carbocycles. The Kier molecular flexibility index (Phi) is 5.78. The summed E-state index contributed by atoms with van der Waals surface area (Å²) in [6.45, 7) is 1.92. The predicted octanol–water partition coefficient (Wildman–Crippen LogP) is 3.64. The topological polar surface area (TPSA) is 64.6 Å². The molecule has 1 N–H and O–H groups in total. The highest BCUT2D eigenvalue weighted by Gasteiger charge is 2.28. The molecule has 26 heavy (non-hydrogen) atoms. The minimum Gasteiger partial charge on any atom is -0.492 e. The maximum absolute atomic E-state index is 12.3. The van der Waals surface area contributed by atoms with Gasteiger partial charge in [-0.3, -0.25) is 9.59 Å². The number of esters is 1. The van der Waals surface area contributed by atoms with E-state index in [0.29, 0.717) is 11.4 Å². The number of benzene rings is 2. The minimum atomic E-state index is -0.449. The van der Waals surface area contributed by atoms with Crippen LogP contribution in [-0.2, 0) is 27.2 Å². The normalized spacial score (nSPS) is 15.5. The molecule has 3 rings (SSSR count). The van der Waals surface area contributed by atoms with Crippen LogP contribution in [0.5, 0.6) is 5.75 Å². The molecular weight excluding hydrogens is 354 g/mol. The molecule has 0 aromatic heterocycles. The van der Waals surface area contributed by atoms with Gasteiger partial charge in [0.15, 0.2) is 6.61 Å². The van der Waals surface area contributed by atoms with Crippen LogP contribution < -0.4 is 10.1 Å². The summed E-state index contributed by atoms with van der Waals surface area (Å²) in [5.41, 5.74) is 2.63. The van der Waals surface area contributed by atoms with Gasteiger partial charge in [0.2, 0.25) is 0 Å². The Morgan fingerprint density at radius 3 is 2.88 bits per heavy atom. The molecule has 0 aliphatic carbocycles. The Bertz CT molecular complexity index is 821. The molecular formula is C20H20ClNO4. The number of amides is 1. The molecule has 1 heterocycles. The average molecular weight is 374 g/mol. The van der Waals surface area contributed by atoms with Crippen molar-refractivity contribution >= 4 is 29.2 Å². The highest BCUT2D eigenvalue weighted by Crippen LogP contribution is 2.30. The molecule has 1 aliphatic heterocycles. The third-order valence-electron chi connectivity index (χ3n) is 4.28. The van der Waals surface area contributed by atoms with Gasteiger partial charge in [0, 0.05) is 10.7 Å². The molecule has 5 nitrogen and oxygen atoms in total. The third kappa shape index (κ3) is 4.35. The number of carbonyl (C=O) groups excluding carboxylic acids is 2. The number of carbonyl (C=O) groups is 2. The van der Waals surface area contributed by atoms with Gasteiger partial charge in [-0.15, -0.1) is 0 Å². The summed E-state index contributed by atoms with van der Waals surface area (Å²) in [6.07, 6.45) is 1.28. The smallest absolute Gasteiger partial charge is 0.313 e. The SMILES string of the molecule is CCc1ccccc1NC(=O)COC(=O)[C@@H]1COc2ccc(Cl)cc2C1. The molecule has 0 saturated carbocycles. The molecule has 0 spiro atoms. The lowest BCUT2D eigenvalue weighted by Crippen LogP contribution is -2.32. The van der Waals surface area contributed by atoms with E-state index >= 15 is 0 Å². The summed E-state index contributed by atoms with van der Waals surface area (Å²) in [5, 5.41) is 3.37. The number of halogens is 1. The van der Waals surface area contributed by atoms with Crippen molar-refractivity contribution in [2.24, 2.45) is 5.92 Å². The number of fused-ring (bicyclic) bond motifs is 1. The Morgan fingerprint density at radius 2 is 2.08 bits per heavy atom. The van der Waals surface area contributed by atoms with E-state index in [9.17, 15) is 9.59 Å². The molecule has 136 valence electrons. The van der Waals surface area contributed by atoms with E-state index in [1.807, 2.05) is 31.2 Å². The van der Waals surface area contributed by atoms with E-state index in [2.05, 4.69) is 5.32 Å². The van der Waals surface area contributed by atoms with Crippen LogP contribution >= 0.6 is 11.6 Å². The maximum Gasteiger partial charge on any atom is 0.313 e. The van der Waals surface area contributed by atoms with E-state index in [0.717, 1.165) is 29.0 Å². The molecule has 6 heteroatoms. The first-order chi connectivity index (χ1) is 12.6. The summed E-state index contributed by atoms with van der Waals surface area (Å²) in [7, 11) is 0. The summed E-state index contributed by atoms with van der Waals surface area (Å²) in [6, 6.07) is 12.9. The number of hydrogen-bond donors (Lipinski definition) is 1. The van der Waals surface area contributed by atoms with Crippen LogP contribution in [-0.4, -0.2) is 25.1 Å². The number of ether oxygens (including phenoxy) is 2. The summed E-state index contributed by atoms with van der Waals surface area (Å²) < 4.78 is 10.8. The van der Waals surface area contributed by atoms with Gasteiger partial charge >= 0.3 is 5.97 Å². The van der Waals surface area contributed by atoms with Gasteiger partial charge in [-0.25, -0.2) is 0 Å². The quantitative estimate of drug-likeness (QED) is 0.813. The van der Waals surface area contributed by atoms with Gasteiger partial charge in [-0.2, -0.15) is 0 Å². The second-order valence-corrected chi connectivity index (χ2v) is 6.57. The highest BCUT2D eigenvalue weighted by molar-refractivity contribution is 6.30. The van der Waals surface area contributed by atoms with Crippen molar-refractivity contribution in [1.29, 1.82) is 0 Å². The zero-order valence-corrected chi connectivity index (χ0v) is 15.2. The second-order valence-electron chi connectivity index (χ2n) is 6.13. The van der Waals surface area contributed by atoms with Crippen LogP contribution in [0, 0.1) is 5.92 Å². The zero-order chi connectivity index (χ0) is 18.5. The van der Waals surface area contributed by atoms with Crippen molar-refractivity contribution in [2.45, 2.75) is 19.8 Å². The Morgan fingerprint density at radius 1 is 1.27 bits per heavy atom. The third-order valence-corrected chi connectivity index (χ3v) is 4.52. The van der Waals surface area contributed by atoms with Gasteiger partial charge in [0.1, 0.15) is 12.4 Å². The van der Waals surface area contributed by atoms with Crippen LogP contribution in [0.15, 0.2) is 42.5 Å². The molecule has 2 aromatic rings. The van der Waals surface area contributed by atoms with Crippen LogP contribution in [0.25, 0.3) is 0 Å². The number of aryl methyl sites for hydroxylation is 1. The van der Waals surface area contributed by atoms with Crippen molar-refractivity contribution in [1.82, 2.24) is 0 Å². The molecule has 0 radical (unpaired) electrons. The largest absolute Gasteiger partial charge is 0.492 e. The van der Waals surface area contributed by atoms with E-state index in [1.165, 1.54) is 0 Å². The predicted molar refractivity (Wildman–Crippen MR) is 99.5 cm³/mol. The van der Waals surface area contributed by atoms with Gasteiger partial charge in [0.25, 0.3) is 5.91 Å². The fraction of sp³-hybridized carbons (Fsp3) is 0.300. The first kappa shape index (κ1) is 18.3. The molecule has 0 fully saturated rings. The van der Waals surface area contributed by atoms with Crippen molar-refractivity contribution in [2.75, 3.05) is 18.5 Å². The summed E-state index contributed by atoms with van der Waals surface area (Å²) in [4.78, 5) is 24.3. The lowest BCUT2D eigenvalue weighted by atomic mass is 9.97. The number of nitrogens with one attached hydrogen (secondary N) is 1. The fourth-order valence-corrected chi connectivity index (χ4v) is 3.10. The lowest BCUT2D eigenvalue weighted by Gasteiger charge is -2.24. The van der Waals surface area contributed by atoms with Crippen molar-refractivity contribution in [3.8, 4) is 5.75 Å². The average Bonchev–Trinajstić information content (AvgIpc) is 2.66. The van der Waals surface area contributed by atoms with Gasteiger partial charge in [-0.1, -0.05) is 36.7 Å². The van der Waals surface area contributed by atoms with Crippen molar-refractivity contribution in [3.63, 3.8) is 0 Å². The molecule has 1 atom stereocenters. The molecule has 1 aliphatic rings. The number of hydrogen-bond acceptors (Lipinski definition) is 4. The van der Waals surface area contributed by atoms with Crippen LogP contribution in [0.2, 0.25) is 5.02 Å². The second kappa shape index (κ2) is 8.23. The van der Waals surface area contributed by atoms with Crippen molar-refractivity contribution < 1.29 is 19.1 Å². The van der Waals surface area contributed by atoms with E-state index < -0.39 is 11.9 Å². The standard InChI is InChI=1S/C20H20ClNO4/c1-2-13-5-3-4-6-17(13)22-19(23)12-26-20(24)15-9-14-10-16(21)7-8-18(14)25-11-15/h3-8,10,15H,2,9,11-12H2,1H3,(H,22,23)/t15-/m0/s1. The van der Waals surface area contributed by atoms with E-state index in [-0.39, 0.29) is 19.1 Å². The Balaban J connectivity index is 1.53. The number of para-hydroxylation sites is 1. The Hall–Kier alpha value is -2.53. The molecule has 0 saturated heterocycles. The van der Waals surface area contributed by atoms with Gasteiger partial charge < -0.3 is 14.8 Å². The summed E-state index contributed by atoms with van der Waals surface area (Å²) >= 11 is 5.98. The van der Waals surface area contributed by atoms with E-state index in [1.54, 1.807) is 18.2 Å². The van der Waals surface area contributed by atoms with Gasteiger partial charge in [0.05, 0.1) is 5.92 Å². The fourth-order valence-electron chi connectivity index (χ4n) is 2.91. The Labute approximate surface area is 157 Å². The minimum absolute atomic E-state index is 0.230. The highest BCUT2D eigenvalue weighted by atomic mass is 35.5. The molecule has 1 amide bonds. The van der Waals surface area contributed by atoms with Crippen LogP contribution in [0.3, 0.4) is 0 Å². The van der Waals surface area contributed by atoms with Crippen molar-refractivity contribution in [3.05, 3.63) is 58.6 Å². The van der Waals surface area contributed by atoms with E-state index in [4.69, 9.17) is 21.1 Å². The number of anilines is 1. The molecule has 0 bridgehead atoms. The lowest BCUT2D eigenvalue weighted by molar-refractivity contribution is -0.152.